The van der Waals surface area contributed by atoms with E-state index in [4.69, 9.17) is 4.42 Å². The van der Waals surface area contributed by atoms with Gasteiger partial charge in [-0.25, -0.2) is 4.79 Å². The monoisotopic (exact) mass is 359 g/mol. The van der Waals surface area contributed by atoms with Gasteiger partial charge in [-0.2, -0.15) is 0 Å². The minimum Gasteiger partial charge on any atom is -0.422 e. The molecule has 2 aromatic carbocycles. The van der Waals surface area contributed by atoms with Gasteiger partial charge in [0.05, 0.1) is 5.56 Å². The van der Waals surface area contributed by atoms with E-state index in [1.807, 2.05) is 42.6 Å². The van der Waals surface area contributed by atoms with Crippen molar-refractivity contribution in [1.29, 1.82) is 0 Å². The van der Waals surface area contributed by atoms with E-state index in [-0.39, 0.29) is 5.63 Å². The molecule has 3 heteroatoms. The van der Waals surface area contributed by atoms with Crippen molar-refractivity contribution in [2.75, 3.05) is 0 Å². The van der Waals surface area contributed by atoms with Gasteiger partial charge >= 0.3 is 5.63 Å². The van der Waals surface area contributed by atoms with Crippen molar-refractivity contribution in [2.24, 2.45) is 5.92 Å². The van der Waals surface area contributed by atoms with Crippen molar-refractivity contribution in [1.82, 2.24) is 4.98 Å². The van der Waals surface area contributed by atoms with Crippen LogP contribution in [0.25, 0.3) is 33.0 Å². The Balaban J connectivity index is 1.67. The first-order valence-electron chi connectivity index (χ1n) is 9.82. The maximum Gasteiger partial charge on any atom is 0.344 e. The lowest BCUT2D eigenvalue weighted by atomic mass is 9.94. The minimum atomic E-state index is -0.283. The average molecular weight is 359 g/mol. The Labute approximate surface area is 159 Å². The van der Waals surface area contributed by atoms with Crippen LogP contribution in [0, 0.1) is 5.92 Å². The summed E-state index contributed by atoms with van der Waals surface area (Å²) in [5.74, 6) is 0.762. The summed E-state index contributed by atoms with van der Waals surface area (Å²) in [7, 11) is 0. The highest BCUT2D eigenvalue weighted by molar-refractivity contribution is 5.87. The molecule has 0 radical (unpaired) electrons. The Bertz CT molecular complexity index is 1130. The van der Waals surface area contributed by atoms with Gasteiger partial charge in [-0.3, -0.25) is 0 Å². The van der Waals surface area contributed by atoms with Gasteiger partial charge in [0, 0.05) is 17.1 Å². The van der Waals surface area contributed by atoms with Crippen molar-refractivity contribution in [3.8, 4) is 11.1 Å². The predicted octanol–water partition coefficient (Wildman–Crippen LogP) is 6.31. The van der Waals surface area contributed by atoms with Crippen LogP contribution in [0.3, 0.4) is 0 Å². The third-order valence-corrected chi connectivity index (χ3v) is 5.66. The fraction of sp³-hybridized carbons (Fsp3) is 0.292. The Kier molecular flexibility index (Phi) is 4.85. The topological polar surface area (TPSA) is 46.0 Å². The highest BCUT2D eigenvalue weighted by Gasteiger charge is 2.10. The van der Waals surface area contributed by atoms with Crippen LogP contribution in [-0.2, 0) is 6.42 Å². The molecule has 4 aromatic rings. The van der Waals surface area contributed by atoms with Crippen LogP contribution in [-0.4, -0.2) is 4.98 Å². The highest BCUT2D eigenvalue weighted by atomic mass is 16.4. The average Bonchev–Trinajstić information content (AvgIpc) is 3.16. The second-order valence-electron chi connectivity index (χ2n) is 7.32. The summed E-state index contributed by atoms with van der Waals surface area (Å²) in [4.78, 5) is 15.8. The fourth-order valence-corrected chi connectivity index (χ4v) is 3.80. The summed E-state index contributed by atoms with van der Waals surface area (Å²) >= 11 is 0. The molecule has 1 N–H and O–H groups in total. The molecule has 0 spiro atoms. The van der Waals surface area contributed by atoms with Crippen molar-refractivity contribution in [3.63, 3.8) is 0 Å². The summed E-state index contributed by atoms with van der Waals surface area (Å²) < 4.78 is 5.68. The first kappa shape index (κ1) is 17.6. The zero-order valence-electron chi connectivity index (χ0n) is 15.9. The van der Waals surface area contributed by atoms with Gasteiger partial charge in [0.1, 0.15) is 5.58 Å². The summed E-state index contributed by atoms with van der Waals surface area (Å²) in [5.41, 5.74) is 4.18. The lowest BCUT2D eigenvalue weighted by Crippen LogP contribution is -2.03. The van der Waals surface area contributed by atoms with Crippen molar-refractivity contribution in [2.45, 2.75) is 39.5 Å². The van der Waals surface area contributed by atoms with Gasteiger partial charge in [-0.05, 0) is 65.6 Å². The molecule has 4 rings (SSSR count). The molecule has 0 aliphatic rings. The number of aryl methyl sites for hydroxylation is 1. The van der Waals surface area contributed by atoms with Crippen LogP contribution in [0.2, 0.25) is 0 Å². The Morgan fingerprint density at radius 2 is 1.81 bits per heavy atom. The van der Waals surface area contributed by atoms with E-state index in [0.29, 0.717) is 11.1 Å². The number of H-pyrrole nitrogens is 1. The largest absolute Gasteiger partial charge is 0.422 e. The van der Waals surface area contributed by atoms with Crippen LogP contribution < -0.4 is 5.63 Å². The van der Waals surface area contributed by atoms with Gasteiger partial charge < -0.3 is 9.40 Å². The Morgan fingerprint density at radius 1 is 0.963 bits per heavy atom. The molecule has 0 fully saturated rings. The van der Waals surface area contributed by atoms with Crippen molar-refractivity contribution < 1.29 is 4.42 Å². The number of aromatic amines is 1. The molecule has 0 atom stereocenters. The second kappa shape index (κ2) is 7.43. The molecule has 0 aliphatic heterocycles. The fourth-order valence-electron chi connectivity index (χ4n) is 3.80. The summed E-state index contributed by atoms with van der Waals surface area (Å²) in [5, 5.41) is 2.05. The molecular formula is C24H25NO2. The molecule has 2 heterocycles. The van der Waals surface area contributed by atoms with Crippen LogP contribution >= 0.6 is 0 Å². The maximum atomic E-state index is 12.6. The van der Waals surface area contributed by atoms with E-state index < -0.39 is 0 Å². The van der Waals surface area contributed by atoms with Crippen molar-refractivity contribution in [3.05, 3.63) is 70.7 Å². The van der Waals surface area contributed by atoms with Gasteiger partial charge in [-0.1, -0.05) is 44.9 Å². The molecule has 3 nitrogen and oxygen atoms in total. The first-order valence-corrected chi connectivity index (χ1v) is 9.82. The summed E-state index contributed by atoms with van der Waals surface area (Å²) in [6.45, 7) is 4.50. The summed E-state index contributed by atoms with van der Waals surface area (Å²) in [6.07, 6.45) is 6.54. The SMILES string of the molecule is CCC(CC)CCc1ccc2cc(-c3ccc4[nH]ccc4c3)c(=O)oc2c1. The Morgan fingerprint density at radius 3 is 2.63 bits per heavy atom. The molecule has 0 unspecified atom stereocenters. The smallest absolute Gasteiger partial charge is 0.344 e. The molecule has 138 valence electrons. The quantitative estimate of drug-likeness (QED) is 0.410. The number of nitrogens with one attached hydrogen (secondary N) is 1. The van der Waals surface area contributed by atoms with Gasteiger partial charge in [0.25, 0.3) is 0 Å². The van der Waals surface area contributed by atoms with Crippen LogP contribution in [0.5, 0.6) is 0 Å². The predicted molar refractivity (Wildman–Crippen MR) is 112 cm³/mol. The van der Waals surface area contributed by atoms with Gasteiger partial charge in [-0.15, -0.1) is 0 Å². The second-order valence-corrected chi connectivity index (χ2v) is 7.32. The van der Waals surface area contributed by atoms with E-state index in [1.54, 1.807) is 0 Å². The molecule has 0 aliphatic carbocycles. The van der Waals surface area contributed by atoms with E-state index in [0.717, 1.165) is 34.2 Å². The number of hydrogen-bond acceptors (Lipinski definition) is 2. The van der Waals surface area contributed by atoms with Crippen LogP contribution in [0.4, 0.5) is 0 Å². The minimum absolute atomic E-state index is 0.283. The van der Waals surface area contributed by atoms with E-state index in [1.165, 1.54) is 24.8 Å². The Hall–Kier alpha value is -2.81. The maximum absolute atomic E-state index is 12.6. The zero-order valence-corrected chi connectivity index (χ0v) is 15.9. The molecule has 2 aromatic heterocycles. The molecular weight excluding hydrogens is 334 g/mol. The van der Waals surface area contributed by atoms with Crippen LogP contribution in [0.15, 0.2) is 63.9 Å². The first-order chi connectivity index (χ1) is 13.2. The number of hydrogen-bond donors (Lipinski definition) is 1. The number of aromatic nitrogens is 1. The number of benzene rings is 2. The van der Waals surface area contributed by atoms with Gasteiger partial charge in [0.2, 0.25) is 0 Å². The number of rotatable bonds is 6. The lowest BCUT2D eigenvalue weighted by molar-refractivity contribution is 0.456. The normalized spacial score (nSPS) is 11.7. The number of fused-ring (bicyclic) bond motifs is 2. The standard InChI is InChI=1S/C24H25NO2/c1-3-16(4-2)5-6-17-7-8-20-15-21(24(26)27-23(20)13-17)18-9-10-22-19(14-18)11-12-25-22/h7-16,25H,3-6H2,1-2H3. The summed E-state index contributed by atoms with van der Waals surface area (Å²) in [6, 6.07) is 16.2. The third-order valence-electron chi connectivity index (χ3n) is 5.66. The highest BCUT2D eigenvalue weighted by Crippen LogP contribution is 2.26. The van der Waals surface area contributed by atoms with Crippen molar-refractivity contribution >= 4 is 21.9 Å². The van der Waals surface area contributed by atoms with E-state index in [9.17, 15) is 4.79 Å². The molecule has 0 saturated carbocycles. The van der Waals surface area contributed by atoms with Crippen LogP contribution in [0.1, 0.15) is 38.7 Å². The van der Waals surface area contributed by atoms with E-state index in [2.05, 4.69) is 31.0 Å². The lowest BCUT2D eigenvalue weighted by Gasteiger charge is -2.12. The molecule has 27 heavy (non-hydrogen) atoms. The third kappa shape index (κ3) is 3.55. The molecule has 0 saturated heterocycles. The molecule has 0 bridgehead atoms. The zero-order chi connectivity index (χ0) is 18.8. The molecule has 0 amide bonds. The van der Waals surface area contributed by atoms with E-state index >= 15 is 0 Å². The van der Waals surface area contributed by atoms with Gasteiger partial charge in [0.15, 0.2) is 0 Å².